The van der Waals surface area contributed by atoms with Crippen molar-refractivity contribution in [2.24, 2.45) is 0 Å². The van der Waals surface area contributed by atoms with Crippen LogP contribution in [0.15, 0.2) is 91.1 Å². The van der Waals surface area contributed by atoms with Crippen molar-refractivity contribution in [1.29, 1.82) is 0 Å². The predicted molar refractivity (Wildman–Crippen MR) is 97.3 cm³/mol. The molecule has 1 amide bonds. The summed E-state index contributed by atoms with van der Waals surface area (Å²) in [5.74, 6) is 0.547. The number of hydrogen-bond donors (Lipinski definition) is 0. The lowest BCUT2D eigenvalue weighted by Crippen LogP contribution is -2.29. The number of nitrogens with zero attached hydrogens (tertiary/aromatic N) is 2. The maximum atomic E-state index is 12.7. The Bertz CT molecular complexity index is 799. The summed E-state index contributed by atoms with van der Waals surface area (Å²) < 4.78 is 0. The molecule has 0 aliphatic heterocycles. The third-order valence-electron chi connectivity index (χ3n) is 3.59. The van der Waals surface area contributed by atoms with Crippen molar-refractivity contribution < 1.29 is 4.79 Å². The molecule has 3 aromatic rings. The Hall–Kier alpha value is -3.20. The summed E-state index contributed by atoms with van der Waals surface area (Å²) >= 11 is 0. The summed E-state index contributed by atoms with van der Waals surface area (Å²) in [6, 6.07) is 25.3. The van der Waals surface area contributed by atoms with E-state index in [0.29, 0.717) is 12.4 Å². The fourth-order valence-electron chi connectivity index (χ4n) is 2.37. The number of carbonyl (C=O) groups excluding carboxylic acids is 1. The minimum Gasteiger partial charge on any atom is -0.289 e. The lowest BCUT2D eigenvalue weighted by atomic mass is 10.2. The third-order valence-corrected chi connectivity index (χ3v) is 3.59. The van der Waals surface area contributed by atoms with Crippen molar-refractivity contribution in [1.82, 2.24) is 4.98 Å². The number of pyridine rings is 1. The van der Waals surface area contributed by atoms with Crippen molar-refractivity contribution >= 4 is 17.8 Å². The topological polar surface area (TPSA) is 33.2 Å². The van der Waals surface area contributed by atoms with Crippen LogP contribution in [0.1, 0.15) is 11.1 Å². The molecule has 0 radical (unpaired) electrons. The minimum atomic E-state index is -0.0959. The second-order valence-corrected chi connectivity index (χ2v) is 5.34. The summed E-state index contributed by atoms with van der Waals surface area (Å²) in [7, 11) is 0. The molecule has 0 atom stereocenters. The van der Waals surface area contributed by atoms with Gasteiger partial charge in [0, 0.05) is 12.3 Å². The first kappa shape index (κ1) is 15.7. The van der Waals surface area contributed by atoms with Gasteiger partial charge in [-0.3, -0.25) is 9.69 Å². The van der Waals surface area contributed by atoms with Gasteiger partial charge in [-0.25, -0.2) is 4.98 Å². The Morgan fingerprint density at radius 2 is 1.54 bits per heavy atom. The van der Waals surface area contributed by atoms with E-state index in [4.69, 9.17) is 0 Å². The predicted octanol–water partition coefficient (Wildman–Crippen LogP) is 4.33. The maximum Gasteiger partial charge on any atom is 0.252 e. The molecule has 0 fully saturated rings. The van der Waals surface area contributed by atoms with Crippen LogP contribution >= 0.6 is 0 Å². The molecule has 24 heavy (non-hydrogen) atoms. The molecule has 0 bridgehead atoms. The summed E-state index contributed by atoms with van der Waals surface area (Å²) in [4.78, 5) is 18.7. The van der Waals surface area contributed by atoms with Crippen molar-refractivity contribution in [3.63, 3.8) is 0 Å². The van der Waals surface area contributed by atoms with Crippen LogP contribution in [0.3, 0.4) is 0 Å². The lowest BCUT2D eigenvalue weighted by Gasteiger charge is -2.20. The van der Waals surface area contributed by atoms with E-state index in [9.17, 15) is 4.79 Å². The van der Waals surface area contributed by atoms with Gasteiger partial charge in [-0.15, -0.1) is 0 Å². The van der Waals surface area contributed by atoms with E-state index in [1.165, 1.54) is 0 Å². The van der Waals surface area contributed by atoms with E-state index in [-0.39, 0.29) is 5.91 Å². The van der Waals surface area contributed by atoms with Crippen molar-refractivity contribution in [3.8, 4) is 0 Å². The number of amides is 1. The van der Waals surface area contributed by atoms with Crippen LogP contribution in [-0.4, -0.2) is 10.9 Å². The van der Waals surface area contributed by atoms with Crippen LogP contribution in [0.5, 0.6) is 0 Å². The quantitative estimate of drug-likeness (QED) is 0.657. The second kappa shape index (κ2) is 7.88. The van der Waals surface area contributed by atoms with Gasteiger partial charge in [-0.05, 0) is 29.3 Å². The van der Waals surface area contributed by atoms with E-state index < -0.39 is 0 Å². The standard InChI is InChI=1S/C21H18N2O/c24-21(15-14-18-9-3-1-4-10-18)23(20-13-7-8-16-22-20)17-19-11-5-2-6-12-19/h1-16H,17H2. The zero-order valence-electron chi connectivity index (χ0n) is 13.2. The van der Waals surface area contributed by atoms with E-state index in [2.05, 4.69) is 4.98 Å². The molecule has 0 aliphatic carbocycles. The number of anilines is 1. The Morgan fingerprint density at radius 3 is 2.21 bits per heavy atom. The Balaban J connectivity index is 1.84. The Morgan fingerprint density at radius 1 is 0.875 bits per heavy atom. The number of rotatable bonds is 5. The molecule has 118 valence electrons. The number of aromatic nitrogens is 1. The molecule has 1 aromatic heterocycles. The Labute approximate surface area is 141 Å². The highest BCUT2D eigenvalue weighted by molar-refractivity contribution is 6.03. The number of benzene rings is 2. The zero-order valence-corrected chi connectivity index (χ0v) is 13.2. The fraction of sp³-hybridized carbons (Fsp3) is 0.0476. The summed E-state index contributed by atoms with van der Waals surface area (Å²) in [6.45, 7) is 0.482. The highest BCUT2D eigenvalue weighted by Gasteiger charge is 2.14. The van der Waals surface area contributed by atoms with Crippen molar-refractivity contribution in [2.75, 3.05) is 4.90 Å². The molecule has 0 spiro atoms. The first-order chi connectivity index (χ1) is 11.8. The highest BCUT2D eigenvalue weighted by Crippen LogP contribution is 2.15. The van der Waals surface area contributed by atoms with E-state index in [0.717, 1.165) is 11.1 Å². The van der Waals surface area contributed by atoms with Crippen LogP contribution < -0.4 is 4.90 Å². The first-order valence-electron chi connectivity index (χ1n) is 7.82. The van der Waals surface area contributed by atoms with Gasteiger partial charge >= 0.3 is 0 Å². The van der Waals surface area contributed by atoms with E-state index in [1.807, 2.05) is 84.9 Å². The van der Waals surface area contributed by atoms with Gasteiger partial charge in [-0.1, -0.05) is 66.7 Å². The van der Waals surface area contributed by atoms with Crippen LogP contribution in [0, 0.1) is 0 Å². The fourth-order valence-corrected chi connectivity index (χ4v) is 2.37. The maximum absolute atomic E-state index is 12.7. The molecular formula is C21H18N2O. The largest absolute Gasteiger partial charge is 0.289 e. The average molecular weight is 314 g/mol. The van der Waals surface area contributed by atoms with Crippen LogP contribution in [0.2, 0.25) is 0 Å². The minimum absolute atomic E-state index is 0.0959. The third kappa shape index (κ3) is 4.17. The van der Waals surface area contributed by atoms with Gasteiger partial charge in [0.1, 0.15) is 5.82 Å². The van der Waals surface area contributed by atoms with Crippen LogP contribution in [0.25, 0.3) is 6.08 Å². The molecule has 3 heteroatoms. The Kier molecular flexibility index (Phi) is 5.15. The van der Waals surface area contributed by atoms with Crippen molar-refractivity contribution in [2.45, 2.75) is 6.54 Å². The summed E-state index contributed by atoms with van der Waals surface area (Å²) in [5.41, 5.74) is 2.05. The van der Waals surface area contributed by atoms with Gasteiger partial charge < -0.3 is 0 Å². The average Bonchev–Trinajstić information content (AvgIpc) is 2.66. The molecular weight excluding hydrogens is 296 g/mol. The van der Waals surface area contributed by atoms with E-state index in [1.54, 1.807) is 17.2 Å². The van der Waals surface area contributed by atoms with E-state index >= 15 is 0 Å². The van der Waals surface area contributed by atoms with Gasteiger partial charge in [0.25, 0.3) is 5.91 Å². The van der Waals surface area contributed by atoms with Crippen molar-refractivity contribution in [3.05, 3.63) is 102 Å². The second-order valence-electron chi connectivity index (χ2n) is 5.34. The number of hydrogen-bond acceptors (Lipinski definition) is 2. The molecule has 0 aliphatic rings. The molecule has 0 N–H and O–H groups in total. The molecule has 3 rings (SSSR count). The van der Waals surface area contributed by atoms with Gasteiger partial charge in [0.05, 0.1) is 6.54 Å². The molecule has 0 saturated carbocycles. The molecule has 0 unspecified atom stereocenters. The zero-order chi connectivity index (χ0) is 16.6. The smallest absolute Gasteiger partial charge is 0.252 e. The molecule has 1 heterocycles. The number of carbonyl (C=O) groups is 1. The van der Waals surface area contributed by atoms with Crippen LogP contribution in [-0.2, 0) is 11.3 Å². The molecule has 0 saturated heterocycles. The monoisotopic (exact) mass is 314 g/mol. The molecule has 2 aromatic carbocycles. The highest BCUT2D eigenvalue weighted by atomic mass is 16.2. The first-order valence-corrected chi connectivity index (χ1v) is 7.82. The van der Waals surface area contributed by atoms with Crippen LogP contribution in [0.4, 0.5) is 5.82 Å². The summed E-state index contributed by atoms with van der Waals surface area (Å²) in [5, 5.41) is 0. The lowest BCUT2D eigenvalue weighted by molar-refractivity contribution is -0.114. The van der Waals surface area contributed by atoms with Gasteiger partial charge in [0.15, 0.2) is 0 Å². The van der Waals surface area contributed by atoms with Gasteiger partial charge in [-0.2, -0.15) is 0 Å². The molecule has 3 nitrogen and oxygen atoms in total. The van der Waals surface area contributed by atoms with Gasteiger partial charge in [0.2, 0.25) is 0 Å². The summed E-state index contributed by atoms with van der Waals surface area (Å²) in [6.07, 6.45) is 5.11. The normalized spacial score (nSPS) is 10.7. The SMILES string of the molecule is O=C(C=Cc1ccccc1)N(Cc1ccccc1)c1ccccn1.